The van der Waals surface area contributed by atoms with Crippen LogP contribution < -0.4 is 4.89 Å². The maximum absolute atomic E-state index is 12.9. The third-order valence-corrected chi connectivity index (χ3v) is 15.4. The first kappa shape index (κ1) is 85.1. The maximum Gasteiger partial charge on any atom is 0.306 e. The van der Waals surface area contributed by atoms with E-state index in [1.165, 1.54) is 70.6 Å². The lowest BCUT2D eigenvalue weighted by Crippen LogP contribution is -2.37. The molecular weight excluding hydrogens is 1130 g/mol. The van der Waals surface area contributed by atoms with E-state index in [1.54, 1.807) is 0 Å². The summed E-state index contributed by atoms with van der Waals surface area (Å²) in [5.74, 6) is -0.865. The van der Waals surface area contributed by atoms with Crippen molar-refractivity contribution in [1.82, 2.24) is 0 Å². The van der Waals surface area contributed by atoms with Gasteiger partial charge in [0.25, 0.3) is 7.82 Å². The lowest BCUT2D eigenvalue weighted by atomic mass is 10.0. The second-order valence-corrected chi connectivity index (χ2v) is 25.5. The highest BCUT2D eigenvalue weighted by molar-refractivity contribution is 7.45. The van der Waals surface area contributed by atoms with Crippen LogP contribution in [-0.2, 0) is 32.7 Å². The Morgan fingerprint density at radius 1 is 0.344 bits per heavy atom. The first-order valence-corrected chi connectivity index (χ1v) is 37.0. The molecule has 0 aromatic carbocycles. The van der Waals surface area contributed by atoms with Crippen molar-refractivity contribution < 1.29 is 42.1 Å². The van der Waals surface area contributed by atoms with E-state index in [-0.39, 0.29) is 26.1 Å². The topological polar surface area (TPSA) is 111 Å². The van der Waals surface area contributed by atoms with Crippen LogP contribution in [0.4, 0.5) is 0 Å². The van der Waals surface area contributed by atoms with Crippen LogP contribution in [-0.4, -0.2) is 70.0 Å². The van der Waals surface area contributed by atoms with Crippen molar-refractivity contribution in [3.8, 4) is 0 Å². The number of likely N-dealkylation sites (N-methyl/N-ethyl adjacent to an activating group) is 1. The first-order chi connectivity index (χ1) is 44.0. The van der Waals surface area contributed by atoms with Crippen LogP contribution in [0.25, 0.3) is 0 Å². The molecule has 2 unspecified atom stereocenters. The van der Waals surface area contributed by atoms with E-state index >= 15 is 0 Å². The van der Waals surface area contributed by atoms with Gasteiger partial charge in [-0.05, 0) is 135 Å². The number of carbonyl (C=O) groups excluding carboxylic acids is 2. The molecule has 0 N–H and O–H groups in total. The minimum Gasteiger partial charge on any atom is -0.756 e. The van der Waals surface area contributed by atoms with Gasteiger partial charge in [-0.1, -0.05) is 292 Å². The van der Waals surface area contributed by atoms with E-state index in [2.05, 4.69) is 196 Å². The summed E-state index contributed by atoms with van der Waals surface area (Å²) in [7, 11) is 1.13. The standard InChI is InChI=1S/C80H130NO8P/c1-6-8-10-12-14-16-18-20-22-24-26-28-30-32-34-35-36-37-38-39-40-41-42-43-44-45-47-49-51-53-55-57-59-61-63-65-67-69-71-73-80(83)89-78(77-88-90(84,85)87-75-74-81(3,4)5)76-86-79(82)72-70-68-66-64-62-60-58-56-54-52-50-48-46-33-31-29-27-25-23-21-19-17-15-13-11-9-7-2/h8-11,14-17,20-23,26-29,32-34,36-37,39-40,42-43,46,50,52,56,58,78H,6-7,12-13,18-19,24-25,30-31,35,38,41,44-45,47-49,51,53-55,57,59-77H2,1-5H3/b10-8-,11-9-,16-14-,17-15-,22-20-,23-21-,28-26-,29-27-,34-32-,37-36-,40-39-,43-42-,46-33-,52-50-,58-56-. The molecule has 0 amide bonds. The summed E-state index contributed by atoms with van der Waals surface area (Å²) in [6, 6.07) is 0. The molecule has 508 valence electrons. The molecule has 0 aliphatic carbocycles. The SMILES string of the molecule is CC/C=C\C/C=C\C/C=C\C/C=C\C/C=C\C/C=C\C/C=C\C/C=C\CCCCCCCCCCCCCCCCC(=O)OC(COC(=O)CCCCCCC/C=C\C/C=C\C/C=C\C/C=C\C/C=C\C/C=C\C/C=C\CC)COP(=O)([O-])OCC[N+](C)(C)C. The quantitative estimate of drug-likeness (QED) is 0.0195. The molecule has 0 saturated heterocycles. The molecule has 0 radical (unpaired) electrons. The van der Waals surface area contributed by atoms with Crippen molar-refractivity contribution in [2.24, 2.45) is 0 Å². The number of hydrogen-bond donors (Lipinski definition) is 0. The van der Waals surface area contributed by atoms with Gasteiger partial charge in [-0.15, -0.1) is 0 Å². The summed E-state index contributed by atoms with van der Waals surface area (Å²) < 4.78 is 34.3. The highest BCUT2D eigenvalue weighted by atomic mass is 31.2. The van der Waals surface area contributed by atoms with Crippen LogP contribution in [0, 0.1) is 0 Å². The zero-order valence-electron chi connectivity index (χ0n) is 57.8. The number of phosphoric ester groups is 1. The fraction of sp³-hybridized carbons (Fsp3) is 0.600. The van der Waals surface area contributed by atoms with Crippen LogP contribution >= 0.6 is 7.82 Å². The lowest BCUT2D eigenvalue weighted by Gasteiger charge is -2.28. The maximum atomic E-state index is 12.9. The van der Waals surface area contributed by atoms with Crippen LogP contribution in [0.15, 0.2) is 182 Å². The molecule has 0 bridgehead atoms. The molecule has 10 heteroatoms. The molecule has 90 heavy (non-hydrogen) atoms. The highest BCUT2D eigenvalue weighted by Crippen LogP contribution is 2.38. The number of hydrogen-bond acceptors (Lipinski definition) is 8. The van der Waals surface area contributed by atoms with Gasteiger partial charge in [-0.2, -0.15) is 0 Å². The molecule has 0 spiro atoms. The molecule has 0 aromatic heterocycles. The normalized spacial score (nSPS) is 14.2. The molecular formula is C80H130NO8P. The van der Waals surface area contributed by atoms with E-state index in [9.17, 15) is 19.0 Å². The minimum absolute atomic E-state index is 0.0434. The number of phosphoric acid groups is 1. The Morgan fingerprint density at radius 2 is 0.600 bits per heavy atom. The monoisotopic (exact) mass is 1260 g/mol. The predicted molar refractivity (Wildman–Crippen MR) is 387 cm³/mol. The molecule has 2 atom stereocenters. The van der Waals surface area contributed by atoms with E-state index < -0.39 is 32.5 Å². The Balaban J connectivity index is 4.12. The van der Waals surface area contributed by atoms with Crippen LogP contribution in [0.2, 0.25) is 0 Å². The van der Waals surface area contributed by atoms with Crippen molar-refractivity contribution in [1.29, 1.82) is 0 Å². The summed E-state index contributed by atoms with van der Waals surface area (Å²) >= 11 is 0. The molecule has 0 heterocycles. The van der Waals surface area contributed by atoms with Crippen molar-refractivity contribution in [2.75, 3.05) is 47.5 Å². The minimum atomic E-state index is -4.66. The second kappa shape index (κ2) is 68.5. The average Bonchev–Trinajstić information content (AvgIpc) is 3.58. The van der Waals surface area contributed by atoms with Crippen LogP contribution in [0.3, 0.4) is 0 Å². The molecule has 9 nitrogen and oxygen atoms in total. The number of carbonyl (C=O) groups is 2. The van der Waals surface area contributed by atoms with Gasteiger partial charge in [0.2, 0.25) is 0 Å². The molecule has 0 aliphatic rings. The fourth-order valence-corrected chi connectivity index (χ4v) is 9.79. The summed E-state index contributed by atoms with van der Waals surface area (Å²) in [6.07, 6.45) is 105. The summed E-state index contributed by atoms with van der Waals surface area (Å²) in [5, 5.41) is 0. The van der Waals surface area contributed by atoms with Gasteiger partial charge in [-0.3, -0.25) is 14.2 Å². The summed E-state index contributed by atoms with van der Waals surface area (Å²) in [4.78, 5) is 38.1. The first-order valence-electron chi connectivity index (χ1n) is 35.5. The van der Waals surface area contributed by atoms with E-state index in [1.807, 2.05) is 21.1 Å². The van der Waals surface area contributed by atoms with Gasteiger partial charge in [0, 0.05) is 12.8 Å². The zero-order valence-corrected chi connectivity index (χ0v) is 58.7. The number of unbranched alkanes of at least 4 members (excludes halogenated alkanes) is 19. The van der Waals surface area contributed by atoms with Gasteiger partial charge < -0.3 is 27.9 Å². The smallest absolute Gasteiger partial charge is 0.306 e. The van der Waals surface area contributed by atoms with Crippen molar-refractivity contribution >= 4 is 19.8 Å². The van der Waals surface area contributed by atoms with Crippen LogP contribution in [0.5, 0.6) is 0 Å². The van der Waals surface area contributed by atoms with E-state index in [0.29, 0.717) is 23.9 Å². The van der Waals surface area contributed by atoms with Crippen molar-refractivity contribution in [3.05, 3.63) is 182 Å². The third kappa shape index (κ3) is 72.2. The Kier molecular flexibility index (Phi) is 64.8. The molecule has 0 aromatic rings. The Bertz CT molecular complexity index is 2170. The van der Waals surface area contributed by atoms with Crippen LogP contribution in [0.1, 0.15) is 258 Å². The van der Waals surface area contributed by atoms with Crippen molar-refractivity contribution in [3.63, 3.8) is 0 Å². The summed E-state index contributed by atoms with van der Waals surface area (Å²) in [6.45, 7) is 3.98. The van der Waals surface area contributed by atoms with E-state index in [0.717, 1.165) is 148 Å². The zero-order chi connectivity index (χ0) is 65.5. The largest absolute Gasteiger partial charge is 0.756 e. The molecule has 0 aliphatic heterocycles. The van der Waals surface area contributed by atoms with E-state index in [4.69, 9.17) is 18.5 Å². The number of ether oxygens (including phenoxy) is 2. The number of nitrogens with zero attached hydrogens (tertiary/aromatic N) is 1. The number of allylic oxidation sites excluding steroid dienone is 30. The highest BCUT2D eigenvalue weighted by Gasteiger charge is 2.22. The Labute approximate surface area is 552 Å². The number of esters is 2. The van der Waals surface area contributed by atoms with Gasteiger partial charge in [0.05, 0.1) is 27.7 Å². The van der Waals surface area contributed by atoms with Gasteiger partial charge >= 0.3 is 11.9 Å². The lowest BCUT2D eigenvalue weighted by molar-refractivity contribution is -0.870. The molecule has 0 saturated carbocycles. The van der Waals surface area contributed by atoms with Gasteiger partial charge in [0.1, 0.15) is 19.8 Å². The molecule has 0 rings (SSSR count). The summed E-state index contributed by atoms with van der Waals surface area (Å²) in [5.41, 5.74) is 0. The van der Waals surface area contributed by atoms with Crippen molar-refractivity contribution in [2.45, 2.75) is 264 Å². The second-order valence-electron chi connectivity index (χ2n) is 24.1. The van der Waals surface area contributed by atoms with Gasteiger partial charge in [-0.25, -0.2) is 0 Å². The number of rotatable bonds is 63. The number of quaternary nitrogens is 1. The van der Waals surface area contributed by atoms with Gasteiger partial charge in [0.15, 0.2) is 6.10 Å². The predicted octanol–water partition coefficient (Wildman–Crippen LogP) is 22.9. The Morgan fingerprint density at radius 3 is 0.889 bits per heavy atom. The Hall–Kier alpha value is -4.89. The molecule has 0 fully saturated rings. The fourth-order valence-electron chi connectivity index (χ4n) is 9.06. The third-order valence-electron chi connectivity index (χ3n) is 14.4. The average molecular weight is 1260 g/mol.